The van der Waals surface area contributed by atoms with E-state index in [4.69, 9.17) is 0 Å². The van der Waals surface area contributed by atoms with E-state index in [-0.39, 0.29) is 0 Å². The second kappa shape index (κ2) is 13.9. The Balaban J connectivity index is 1.35. The van der Waals surface area contributed by atoms with Gasteiger partial charge in [0.2, 0.25) is 0 Å². The Kier molecular flexibility index (Phi) is 9.64. The highest BCUT2D eigenvalue weighted by Crippen LogP contribution is 2.30. The molecule has 0 saturated carbocycles. The first-order valence-electron chi connectivity index (χ1n) is 15.2. The molecule has 0 heteroatoms. The van der Waals surface area contributed by atoms with Gasteiger partial charge in [-0.1, -0.05) is 149 Å². The van der Waals surface area contributed by atoms with Crippen molar-refractivity contribution in [3.8, 4) is 0 Å². The molecule has 0 aliphatic rings. The van der Waals surface area contributed by atoms with Crippen molar-refractivity contribution >= 4 is 45.8 Å². The fourth-order valence-corrected chi connectivity index (χ4v) is 5.51. The maximum Gasteiger partial charge on any atom is -0.0105 e. The fourth-order valence-electron chi connectivity index (χ4n) is 5.51. The number of aryl methyl sites for hydroxylation is 2. The van der Waals surface area contributed by atoms with Gasteiger partial charge in [0.1, 0.15) is 0 Å². The highest BCUT2D eigenvalue weighted by Gasteiger charge is 2.05. The first-order chi connectivity index (χ1) is 19.7. The zero-order valence-electron chi connectivity index (χ0n) is 24.2. The number of hydrogen-bond donors (Lipinski definition) is 0. The van der Waals surface area contributed by atoms with Gasteiger partial charge in [0.25, 0.3) is 0 Å². The molecule has 0 aliphatic carbocycles. The van der Waals surface area contributed by atoms with Crippen LogP contribution in [-0.2, 0) is 12.8 Å². The molecule has 202 valence electrons. The van der Waals surface area contributed by atoms with Crippen molar-refractivity contribution in [2.75, 3.05) is 0 Å². The van der Waals surface area contributed by atoms with Gasteiger partial charge in [0.15, 0.2) is 0 Å². The largest absolute Gasteiger partial charge is 0.0654 e. The van der Waals surface area contributed by atoms with Crippen LogP contribution in [0.5, 0.6) is 0 Å². The molecule has 0 radical (unpaired) electrons. The summed E-state index contributed by atoms with van der Waals surface area (Å²) in [5.74, 6) is 0. The Morgan fingerprint density at radius 3 is 1.27 bits per heavy atom. The van der Waals surface area contributed by atoms with Crippen molar-refractivity contribution in [3.63, 3.8) is 0 Å². The molecule has 0 aromatic heterocycles. The van der Waals surface area contributed by atoms with E-state index >= 15 is 0 Å². The molecule has 0 heterocycles. The van der Waals surface area contributed by atoms with Crippen LogP contribution in [0, 0.1) is 0 Å². The molecule has 0 N–H and O–H groups in total. The number of benzene rings is 5. The van der Waals surface area contributed by atoms with Crippen LogP contribution in [0.25, 0.3) is 45.8 Å². The molecule has 5 aromatic carbocycles. The average molecular weight is 523 g/mol. The van der Waals surface area contributed by atoms with E-state index in [2.05, 4.69) is 135 Å². The SMILES string of the molecule is CCCCCc1ccc(/C=C/c2cccc3cc4c(/C=C/c5ccc(CCCCC)cc5)cccc4cc23)cc1. The molecule has 0 fully saturated rings. The van der Waals surface area contributed by atoms with Crippen LogP contribution in [0.15, 0.2) is 97.1 Å². The number of fused-ring (bicyclic) bond motifs is 2. The third-order valence-corrected chi connectivity index (χ3v) is 7.95. The molecule has 0 amide bonds. The van der Waals surface area contributed by atoms with Crippen LogP contribution in [-0.4, -0.2) is 0 Å². The van der Waals surface area contributed by atoms with Crippen molar-refractivity contribution in [2.24, 2.45) is 0 Å². The fraction of sp³-hybridized carbons (Fsp3) is 0.250. The lowest BCUT2D eigenvalue weighted by Crippen LogP contribution is -1.86. The minimum absolute atomic E-state index is 1.18. The van der Waals surface area contributed by atoms with E-state index in [1.165, 1.54) is 106 Å². The smallest absolute Gasteiger partial charge is 0.0105 e. The number of hydrogen-bond acceptors (Lipinski definition) is 0. The normalized spacial score (nSPS) is 11.8. The standard InChI is InChI=1S/C40H42/c1-3-5-7-11-31-17-21-33(22-18-31)25-27-35-13-9-15-37-30-40-36(14-10-16-38(40)29-39(35)37)28-26-34-23-19-32(20-24-34)12-8-6-4-2/h9-10,13-30H,3-8,11-12H2,1-2H3/b27-25+,28-26+. The molecule has 0 bridgehead atoms. The van der Waals surface area contributed by atoms with E-state index in [9.17, 15) is 0 Å². The van der Waals surface area contributed by atoms with Crippen molar-refractivity contribution in [2.45, 2.75) is 65.2 Å². The van der Waals surface area contributed by atoms with Gasteiger partial charge >= 0.3 is 0 Å². The summed E-state index contributed by atoms with van der Waals surface area (Å²) >= 11 is 0. The van der Waals surface area contributed by atoms with Crippen LogP contribution in [0.4, 0.5) is 0 Å². The predicted molar refractivity (Wildman–Crippen MR) is 179 cm³/mol. The summed E-state index contributed by atoms with van der Waals surface area (Å²) in [5, 5.41) is 5.14. The van der Waals surface area contributed by atoms with Crippen molar-refractivity contribution < 1.29 is 0 Å². The molecule has 0 unspecified atom stereocenters. The Bertz CT molecular complexity index is 1460. The maximum atomic E-state index is 2.35. The summed E-state index contributed by atoms with van der Waals surface area (Å²) in [6.07, 6.45) is 19.1. The Morgan fingerprint density at radius 1 is 0.450 bits per heavy atom. The first-order valence-corrected chi connectivity index (χ1v) is 15.2. The summed E-state index contributed by atoms with van der Waals surface area (Å²) < 4.78 is 0. The van der Waals surface area contributed by atoms with Crippen molar-refractivity contribution in [3.05, 3.63) is 130 Å². The van der Waals surface area contributed by atoms with Crippen molar-refractivity contribution in [1.82, 2.24) is 0 Å². The van der Waals surface area contributed by atoms with Gasteiger partial charge < -0.3 is 0 Å². The Morgan fingerprint density at radius 2 is 0.875 bits per heavy atom. The Labute approximate surface area is 241 Å². The van der Waals surface area contributed by atoms with Gasteiger partial charge in [-0.15, -0.1) is 0 Å². The molecule has 0 atom stereocenters. The molecule has 0 aliphatic heterocycles. The van der Waals surface area contributed by atoms with E-state index < -0.39 is 0 Å². The molecule has 5 aromatic rings. The van der Waals surface area contributed by atoms with Gasteiger partial charge in [0.05, 0.1) is 0 Å². The minimum Gasteiger partial charge on any atom is -0.0654 e. The summed E-state index contributed by atoms with van der Waals surface area (Å²) in [4.78, 5) is 0. The summed E-state index contributed by atoms with van der Waals surface area (Å²) in [6.45, 7) is 4.52. The maximum absolute atomic E-state index is 2.35. The number of unbranched alkanes of at least 4 members (excludes halogenated alkanes) is 4. The molecule has 40 heavy (non-hydrogen) atoms. The summed E-state index contributed by atoms with van der Waals surface area (Å²) in [6, 6.07) is 36.1. The van der Waals surface area contributed by atoms with Gasteiger partial charge in [0, 0.05) is 0 Å². The summed E-state index contributed by atoms with van der Waals surface area (Å²) in [5.41, 5.74) is 7.88. The second-order valence-electron chi connectivity index (χ2n) is 11.1. The van der Waals surface area contributed by atoms with Gasteiger partial charge in [-0.3, -0.25) is 0 Å². The van der Waals surface area contributed by atoms with Gasteiger partial charge in [-0.2, -0.15) is 0 Å². The first kappa shape index (κ1) is 27.7. The molecule has 0 nitrogen and oxygen atoms in total. The third kappa shape index (κ3) is 7.19. The second-order valence-corrected chi connectivity index (χ2v) is 11.1. The lowest BCUT2D eigenvalue weighted by atomic mass is 9.96. The van der Waals surface area contributed by atoms with Gasteiger partial charge in [-0.05, 0) is 92.7 Å². The van der Waals surface area contributed by atoms with E-state index in [1.807, 2.05) is 0 Å². The molecule has 5 rings (SSSR count). The van der Waals surface area contributed by atoms with Crippen LogP contribution in [0.2, 0.25) is 0 Å². The van der Waals surface area contributed by atoms with Crippen molar-refractivity contribution in [1.29, 1.82) is 0 Å². The van der Waals surface area contributed by atoms with Gasteiger partial charge in [-0.25, -0.2) is 0 Å². The quantitative estimate of drug-likeness (QED) is 0.0868. The lowest BCUT2D eigenvalue weighted by Gasteiger charge is -2.08. The lowest BCUT2D eigenvalue weighted by molar-refractivity contribution is 0.717. The highest BCUT2D eigenvalue weighted by molar-refractivity contribution is 6.05. The van der Waals surface area contributed by atoms with Crippen LogP contribution in [0.1, 0.15) is 85.8 Å². The topological polar surface area (TPSA) is 0 Å². The van der Waals surface area contributed by atoms with Crippen LogP contribution < -0.4 is 0 Å². The summed E-state index contributed by atoms with van der Waals surface area (Å²) in [7, 11) is 0. The highest BCUT2D eigenvalue weighted by atomic mass is 14.1. The van der Waals surface area contributed by atoms with Crippen LogP contribution in [0.3, 0.4) is 0 Å². The van der Waals surface area contributed by atoms with E-state index in [1.54, 1.807) is 0 Å². The third-order valence-electron chi connectivity index (χ3n) is 7.95. The predicted octanol–water partition coefficient (Wildman–Crippen LogP) is 11.8. The zero-order chi connectivity index (χ0) is 27.6. The van der Waals surface area contributed by atoms with E-state index in [0.29, 0.717) is 0 Å². The monoisotopic (exact) mass is 522 g/mol. The zero-order valence-corrected chi connectivity index (χ0v) is 24.2. The molecule has 0 spiro atoms. The minimum atomic E-state index is 1.18. The van der Waals surface area contributed by atoms with E-state index in [0.717, 1.165) is 0 Å². The molecule has 0 saturated heterocycles. The number of rotatable bonds is 12. The van der Waals surface area contributed by atoms with Crippen LogP contribution >= 0.6 is 0 Å². The average Bonchev–Trinajstić information content (AvgIpc) is 2.99. The Hall–Kier alpha value is -3.90. The molecular formula is C40H42. The molecular weight excluding hydrogens is 480 g/mol.